The highest BCUT2D eigenvalue weighted by Gasteiger charge is 2.26. The lowest BCUT2D eigenvalue weighted by molar-refractivity contribution is 0.0605. The van der Waals surface area contributed by atoms with Gasteiger partial charge in [0.25, 0.3) is 5.91 Å². The molecule has 1 aliphatic rings. The minimum Gasteiger partial charge on any atom is -0.336 e. The summed E-state index contributed by atoms with van der Waals surface area (Å²) in [6.07, 6.45) is 5.34. The molecule has 0 spiro atoms. The van der Waals surface area contributed by atoms with Crippen LogP contribution in [0.25, 0.3) is 0 Å². The third-order valence-electron chi connectivity index (χ3n) is 4.00. The molecule has 0 aromatic heterocycles. The lowest BCUT2D eigenvalue weighted by atomic mass is 9.98. The number of nitrogens with two attached hydrogens (primary N) is 1. The lowest BCUT2D eigenvalue weighted by Crippen LogP contribution is -2.44. The van der Waals surface area contributed by atoms with E-state index in [0.717, 1.165) is 37.8 Å². The summed E-state index contributed by atoms with van der Waals surface area (Å²) < 4.78 is 0. The number of likely N-dealkylation sites (tertiary alicyclic amines) is 1. The third-order valence-corrected chi connectivity index (χ3v) is 4.00. The Kier molecular flexibility index (Phi) is 4.97. The van der Waals surface area contributed by atoms with E-state index in [0.29, 0.717) is 12.6 Å². The molecule has 2 N–H and O–H groups in total. The Morgan fingerprint density at radius 2 is 2.05 bits per heavy atom. The van der Waals surface area contributed by atoms with Crippen molar-refractivity contribution >= 4 is 5.91 Å². The molecule has 1 aromatic carbocycles. The van der Waals surface area contributed by atoms with Gasteiger partial charge in [-0.25, -0.2) is 0 Å². The Morgan fingerprint density at radius 3 is 2.68 bits per heavy atom. The first-order chi connectivity index (χ1) is 9.26. The molecule has 0 bridgehead atoms. The number of nitrogens with zero attached hydrogens (tertiary/aromatic N) is 1. The summed E-state index contributed by atoms with van der Waals surface area (Å²) in [7, 11) is 0. The van der Waals surface area contributed by atoms with Crippen molar-refractivity contribution in [3.05, 3.63) is 35.4 Å². The minimum atomic E-state index is 0.167. The van der Waals surface area contributed by atoms with Gasteiger partial charge in [-0.1, -0.05) is 19.1 Å². The zero-order valence-electron chi connectivity index (χ0n) is 11.8. The van der Waals surface area contributed by atoms with Crippen LogP contribution in [0.15, 0.2) is 24.3 Å². The fourth-order valence-corrected chi connectivity index (χ4v) is 2.81. The monoisotopic (exact) mass is 260 g/mol. The van der Waals surface area contributed by atoms with Crippen LogP contribution in [0.5, 0.6) is 0 Å². The number of carbonyl (C=O) groups excluding carboxylic acids is 1. The first kappa shape index (κ1) is 14.1. The Labute approximate surface area is 115 Å². The van der Waals surface area contributed by atoms with Gasteiger partial charge in [0.2, 0.25) is 0 Å². The van der Waals surface area contributed by atoms with Crippen LogP contribution in [-0.4, -0.2) is 29.9 Å². The van der Waals surface area contributed by atoms with Gasteiger partial charge >= 0.3 is 0 Å². The average molecular weight is 260 g/mol. The van der Waals surface area contributed by atoms with Crippen LogP contribution in [0.4, 0.5) is 0 Å². The molecule has 0 aliphatic carbocycles. The van der Waals surface area contributed by atoms with Gasteiger partial charge in [-0.05, 0) is 56.3 Å². The van der Waals surface area contributed by atoms with Gasteiger partial charge in [-0.3, -0.25) is 4.79 Å². The van der Waals surface area contributed by atoms with Crippen LogP contribution in [0.3, 0.4) is 0 Å². The molecule has 1 aliphatic heterocycles. The highest BCUT2D eigenvalue weighted by Crippen LogP contribution is 2.21. The van der Waals surface area contributed by atoms with Crippen LogP contribution in [0.2, 0.25) is 0 Å². The summed E-state index contributed by atoms with van der Waals surface area (Å²) in [5.41, 5.74) is 7.74. The first-order valence-corrected chi connectivity index (χ1v) is 7.36. The largest absolute Gasteiger partial charge is 0.336 e. The predicted octanol–water partition coefficient (Wildman–Crippen LogP) is 2.59. The molecule has 1 saturated heterocycles. The molecule has 1 unspecified atom stereocenters. The molecular weight excluding hydrogens is 236 g/mol. The molecular formula is C16H24N2O. The van der Waals surface area contributed by atoms with E-state index in [1.807, 2.05) is 17.0 Å². The lowest BCUT2D eigenvalue weighted by Gasteiger charge is -2.35. The summed E-state index contributed by atoms with van der Waals surface area (Å²) in [4.78, 5) is 14.6. The van der Waals surface area contributed by atoms with Crippen molar-refractivity contribution in [2.24, 2.45) is 5.73 Å². The van der Waals surface area contributed by atoms with E-state index >= 15 is 0 Å². The molecule has 3 nitrogen and oxygen atoms in total. The molecule has 1 fully saturated rings. The van der Waals surface area contributed by atoms with E-state index in [2.05, 4.69) is 19.1 Å². The van der Waals surface area contributed by atoms with Crippen molar-refractivity contribution in [3.8, 4) is 0 Å². The molecule has 3 heteroatoms. The summed E-state index contributed by atoms with van der Waals surface area (Å²) in [5, 5.41) is 0. The van der Waals surface area contributed by atoms with E-state index in [1.54, 1.807) is 0 Å². The normalized spacial score (nSPS) is 19.5. The number of rotatable bonds is 4. The van der Waals surface area contributed by atoms with E-state index in [1.165, 1.54) is 12.0 Å². The second-order valence-electron chi connectivity index (χ2n) is 5.28. The zero-order valence-corrected chi connectivity index (χ0v) is 11.8. The van der Waals surface area contributed by atoms with Crippen molar-refractivity contribution in [1.29, 1.82) is 0 Å². The molecule has 104 valence electrons. The Morgan fingerprint density at radius 1 is 1.32 bits per heavy atom. The standard InChI is InChI=1S/C16H24N2O/c1-2-13-6-8-14(9-7-13)16(19)18-12-4-3-5-15(18)10-11-17/h6-9,15H,2-5,10-12,17H2,1H3. The van der Waals surface area contributed by atoms with Crippen molar-refractivity contribution in [2.45, 2.75) is 45.1 Å². The van der Waals surface area contributed by atoms with Crippen LogP contribution < -0.4 is 5.73 Å². The van der Waals surface area contributed by atoms with Crippen molar-refractivity contribution in [2.75, 3.05) is 13.1 Å². The molecule has 19 heavy (non-hydrogen) atoms. The van der Waals surface area contributed by atoms with Gasteiger partial charge < -0.3 is 10.6 Å². The topological polar surface area (TPSA) is 46.3 Å². The Hall–Kier alpha value is -1.35. The summed E-state index contributed by atoms with van der Waals surface area (Å²) >= 11 is 0. The van der Waals surface area contributed by atoms with Crippen LogP contribution >= 0.6 is 0 Å². The number of hydrogen-bond acceptors (Lipinski definition) is 2. The fourth-order valence-electron chi connectivity index (χ4n) is 2.81. The van der Waals surface area contributed by atoms with Crippen LogP contribution in [0.1, 0.15) is 48.5 Å². The van der Waals surface area contributed by atoms with Gasteiger partial charge in [0.05, 0.1) is 0 Å². The quantitative estimate of drug-likeness (QED) is 0.904. The highest BCUT2D eigenvalue weighted by molar-refractivity contribution is 5.94. The summed E-state index contributed by atoms with van der Waals surface area (Å²) in [5.74, 6) is 0.167. The maximum Gasteiger partial charge on any atom is 0.254 e. The van der Waals surface area contributed by atoms with E-state index < -0.39 is 0 Å². The maximum absolute atomic E-state index is 12.6. The third kappa shape index (κ3) is 3.35. The highest BCUT2D eigenvalue weighted by atomic mass is 16.2. The minimum absolute atomic E-state index is 0.167. The number of aryl methyl sites for hydroxylation is 1. The van der Waals surface area contributed by atoms with E-state index in [4.69, 9.17) is 5.73 Å². The molecule has 2 rings (SSSR count). The van der Waals surface area contributed by atoms with Gasteiger partial charge in [-0.15, -0.1) is 0 Å². The summed E-state index contributed by atoms with van der Waals surface area (Å²) in [6.45, 7) is 3.65. The fraction of sp³-hybridized carbons (Fsp3) is 0.562. The SMILES string of the molecule is CCc1ccc(C(=O)N2CCCCC2CCN)cc1. The van der Waals surface area contributed by atoms with E-state index in [-0.39, 0.29) is 5.91 Å². The van der Waals surface area contributed by atoms with E-state index in [9.17, 15) is 4.79 Å². The summed E-state index contributed by atoms with van der Waals surface area (Å²) in [6, 6.07) is 8.34. The number of amides is 1. The average Bonchev–Trinajstić information content (AvgIpc) is 2.47. The van der Waals surface area contributed by atoms with Crippen molar-refractivity contribution in [1.82, 2.24) is 4.90 Å². The molecule has 1 heterocycles. The second-order valence-corrected chi connectivity index (χ2v) is 5.28. The Bertz CT molecular complexity index is 411. The molecule has 1 atom stereocenters. The van der Waals surface area contributed by atoms with Crippen molar-refractivity contribution in [3.63, 3.8) is 0 Å². The zero-order chi connectivity index (χ0) is 13.7. The number of piperidine rings is 1. The number of benzene rings is 1. The first-order valence-electron chi connectivity index (χ1n) is 7.36. The molecule has 1 amide bonds. The predicted molar refractivity (Wildman–Crippen MR) is 78.2 cm³/mol. The maximum atomic E-state index is 12.6. The van der Waals surface area contributed by atoms with Crippen LogP contribution in [0, 0.1) is 0 Å². The second kappa shape index (κ2) is 6.71. The van der Waals surface area contributed by atoms with Gasteiger partial charge in [0.15, 0.2) is 0 Å². The molecule has 0 saturated carbocycles. The molecule has 0 radical (unpaired) electrons. The Balaban J connectivity index is 2.11. The van der Waals surface area contributed by atoms with Gasteiger partial charge in [0.1, 0.15) is 0 Å². The van der Waals surface area contributed by atoms with Gasteiger partial charge in [0, 0.05) is 18.2 Å². The number of hydrogen-bond donors (Lipinski definition) is 1. The smallest absolute Gasteiger partial charge is 0.254 e. The van der Waals surface area contributed by atoms with Crippen LogP contribution in [-0.2, 0) is 6.42 Å². The van der Waals surface area contributed by atoms with Gasteiger partial charge in [-0.2, -0.15) is 0 Å². The van der Waals surface area contributed by atoms with Crippen molar-refractivity contribution < 1.29 is 4.79 Å². The number of carbonyl (C=O) groups is 1. The molecule has 1 aromatic rings.